The molecule has 0 spiro atoms. The van der Waals surface area contributed by atoms with E-state index in [1.165, 1.54) is 12.3 Å². The van der Waals surface area contributed by atoms with Gasteiger partial charge in [0.05, 0.1) is 6.21 Å². The number of amides is 2. The van der Waals surface area contributed by atoms with E-state index >= 15 is 0 Å². The predicted molar refractivity (Wildman–Crippen MR) is 91.2 cm³/mol. The fourth-order valence-corrected chi connectivity index (χ4v) is 1.90. The number of anilines is 1. The van der Waals surface area contributed by atoms with Gasteiger partial charge in [-0.3, -0.25) is 9.59 Å². The Morgan fingerprint density at radius 1 is 1.04 bits per heavy atom. The van der Waals surface area contributed by atoms with E-state index in [-0.39, 0.29) is 24.3 Å². The van der Waals surface area contributed by atoms with Crippen LogP contribution in [0.4, 0.5) is 10.1 Å². The van der Waals surface area contributed by atoms with E-state index in [9.17, 15) is 14.0 Å². The predicted octanol–water partition coefficient (Wildman–Crippen LogP) is 3.00. The summed E-state index contributed by atoms with van der Waals surface area (Å²) in [5.41, 5.74) is 4.32. The largest absolute Gasteiger partial charge is 0.326 e. The number of hydrazone groups is 1. The zero-order valence-corrected chi connectivity index (χ0v) is 13.3. The number of nitrogens with zero attached hydrogens (tertiary/aromatic N) is 1. The molecular formula is C18H18FN3O2. The van der Waals surface area contributed by atoms with E-state index in [0.717, 1.165) is 5.56 Å². The third-order valence-electron chi connectivity index (χ3n) is 3.21. The molecule has 124 valence electrons. The van der Waals surface area contributed by atoms with Gasteiger partial charge in [0, 0.05) is 24.1 Å². The number of benzene rings is 2. The SMILES string of the molecule is Cc1ccc(NC(=O)CCC(=O)N/N=C/c2ccccc2F)cc1. The van der Waals surface area contributed by atoms with Gasteiger partial charge in [0.15, 0.2) is 0 Å². The first kappa shape index (κ1) is 17.3. The Morgan fingerprint density at radius 3 is 2.42 bits per heavy atom. The standard InChI is InChI=1S/C18H18FN3O2/c1-13-6-8-15(9-7-13)21-17(23)10-11-18(24)22-20-12-14-4-2-3-5-16(14)19/h2-9,12H,10-11H2,1H3,(H,21,23)(H,22,24)/b20-12+. The highest BCUT2D eigenvalue weighted by Gasteiger charge is 2.06. The Morgan fingerprint density at radius 2 is 1.71 bits per heavy atom. The van der Waals surface area contributed by atoms with Crippen LogP contribution in [-0.2, 0) is 9.59 Å². The van der Waals surface area contributed by atoms with E-state index < -0.39 is 11.7 Å². The minimum absolute atomic E-state index is 0.00763. The number of hydrogen-bond acceptors (Lipinski definition) is 3. The van der Waals surface area contributed by atoms with Gasteiger partial charge in [-0.05, 0) is 25.1 Å². The van der Waals surface area contributed by atoms with Crippen molar-refractivity contribution in [1.82, 2.24) is 5.43 Å². The van der Waals surface area contributed by atoms with Crippen LogP contribution in [0.15, 0.2) is 53.6 Å². The summed E-state index contributed by atoms with van der Waals surface area (Å²) in [5, 5.41) is 6.38. The molecule has 6 heteroatoms. The normalized spacial score (nSPS) is 10.6. The molecule has 2 aromatic rings. The van der Waals surface area contributed by atoms with Crippen molar-refractivity contribution in [1.29, 1.82) is 0 Å². The molecule has 2 aromatic carbocycles. The van der Waals surface area contributed by atoms with E-state index in [1.54, 1.807) is 30.3 Å². The highest BCUT2D eigenvalue weighted by Crippen LogP contribution is 2.09. The molecule has 0 aliphatic carbocycles. The minimum Gasteiger partial charge on any atom is -0.326 e. The number of rotatable bonds is 6. The first-order valence-electron chi connectivity index (χ1n) is 7.47. The lowest BCUT2D eigenvalue weighted by Gasteiger charge is -2.05. The molecule has 24 heavy (non-hydrogen) atoms. The molecule has 2 amide bonds. The summed E-state index contributed by atoms with van der Waals surface area (Å²) in [7, 11) is 0. The molecule has 0 fully saturated rings. The van der Waals surface area contributed by atoms with Crippen LogP contribution < -0.4 is 10.7 Å². The summed E-state index contributed by atoms with van der Waals surface area (Å²) in [6.45, 7) is 1.96. The number of carbonyl (C=O) groups is 2. The summed E-state index contributed by atoms with van der Waals surface area (Å²) in [4.78, 5) is 23.4. The molecule has 0 aromatic heterocycles. The van der Waals surface area contributed by atoms with Gasteiger partial charge in [-0.25, -0.2) is 9.82 Å². The lowest BCUT2D eigenvalue weighted by molar-refractivity contribution is -0.124. The van der Waals surface area contributed by atoms with Crippen molar-refractivity contribution >= 4 is 23.7 Å². The summed E-state index contributed by atoms with van der Waals surface area (Å²) in [6.07, 6.45) is 1.25. The molecule has 0 saturated carbocycles. The Bertz CT molecular complexity index is 742. The van der Waals surface area contributed by atoms with Crippen LogP contribution in [0.5, 0.6) is 0 Å². The second-order valence-corrected chi connectivity index (χ2v) is 5.23. The lowest BCUT2D eigenvalue weighted by Crippen LogP contribution is -2.20. The molecule has 0 saturated heterocycles. The molecule has 0 atom stereocenters. The first-order valence-corrected chi connectivity index (χ1v) is 7.47. The van der Waals surface area contributed by atoms with Crippen molar-refractivity contribution in [2.75, 3.05) is 5.32 Å². The van der Waals surface area contributed by atoms with Gasteiger partial charge < -0.3 is 5.32 Å². The Balaban J connectivity index is 1.73. The van der Waals surface area contributed by atoms with Crippen molar-refractivity contribution in [3.05, 3.63) is 65.5 Å². The minimum atomic E-state index is -0.423. The van der Waals surface area contributed by atoms with Gasteiger partial charge in [0.1, 0.15) is 5.82 Å². The molecule has 2 rings (SSSR count). The van der Waals surface area contributed by atoms with Gasteiger partial charge in [-0.15, -0.1) is 0 Å². The number of nitrogens with one attached hydrogen (secondary N) is 2. The maximum atomic E-state index is 13.3. The van der Waals surface area contributed by atoms with E-state index in [2.05, 4.69) is 15.8 Å². The summed E-state index contributed by atoms with van der Waals surface area (Å²) in [6, 6.07) is 13.5. The zero-order valence-electron chi connectivity index (χ0n) is 13.3. The van der Waals surface area contributed by atoms with E-state index in [0.29, 0.717) is 5.69 Å². The van der Waals surface area contributed by atoms with Gasteiger partial charge in [0.2, 0.25) is 11.8 Å². The van der Waals surface area contributed by atoms with Crippen LogP contribution in [0.25, 0.3) is 0 Å². The van der Waals surface area contributed by atoms with Crippen molar-refractivity contribution in [3.8, 4) is 0 Å². The first-order chi connectivity index (χ1) is 11.5. The van der Waals surface area contributed by atoms with Gasteiger partial charge in [-0.1, -0.05) is 35.9 Å². The van der Waals surface area contributed by atoms with Crippen molar-refractivity contribution in [3.63, 3.8) is 0 Å². The Hall–Kier alpha value is -3.02. The monoisotopic (exact) mass is 327 g/mol. The van der Waals surface area contributed by atoms with Crippen LogP contribution in [0.2, 0.25) is 0 Å². The molecule has 2 N–H and O–H groups in total. The van der Waals surface area contributed by atoms with Gasteiger partial charge >= 0.3 is 0 Å². The van der Waals surface area contributed by atoms with Crippen LogP contribution in [0.3, 0.4) is 0 Å². The molecule has 0 radical (unpaired) electrons. The van der Waals surface area contributed by atoms with E-state index in [4.69, 9.17) is 0 Å². The van der Waals surface area contributed by atoms with Crippen LogP contribution in [0, 0.1) is 12.7 Å². The second-order valence-electron chi connectivity index (χ2n) is 5.23. The topological polar surface area (TPSA) is 70.6 Å². The maximum absolute atomic E-state index is 13.3. The van der Waals surface area contributed by atoms with Crippen molar-refractivity contribution in [2.45, 2.75) is 19.8 Å². The van der Waals surface area contributed by atoms with Crippen LogP contribution >= 0.6 is 0 Å². The fraction of sp³-hybridized carbons (Fsp3) is 0.167. The lowest BCUT2D eigenvalue weighted by atomic mass is 10.2. The second kappa shape index (κ2) is 8.57. The molecule has 0 heterocycles. The van der Waals surface area contributed by atoms with Crippen LogP contribution in [0.1, 0.15) is 24.0 Å². The Kier molecular flexibility index (Phi) is 6.19. The fourth-order valence-electron chi connectivity index (χ4n) is 1.90. The van der Waals surface area contributed by atoms with Crippen molar-refractivity contribution in [2.24, 2.45) is 5.10 Å². The average Bonchev–Trinajstić information content (AvgIpc) is 2.57. The Labute approximate surface area is 139 Å². The average molecular weight is 327 g/mol. The molecule has 0 unspecified atom stereocenters. The number of halogens is 1. The third-order valence-corrected chi connectivity index (χ3v) is 3.21. The summed E-state index contributed by atoms with van der Waals surface area (Å²) in [5.74, 6) is -1.10. The number of hydrogen-bond donors (Lipinski definition) is 2. The molecule has 0 aliphatic heterocycles. The molecule has 5 nitrogen and oxygen atoms in total. The quantitative estimate of drug-likeness (QED) is 0.632. The summed E-state index contributed by atoms with van der Waals surface area (Å²) >= 11 is 0. The highest BCUT2D eigenvalue weighted by molar-refractivity contribution is 5.93. The molecule has 0 aliphatic rings. The zero-order chi connectivity index (χ0) is 17.4. The molecular weight excluding hydrogens is 309 g/mol. The van der Waals surface area contributed by atoms with Crippen molar-refractivity contribution < 1.29 is 14.0 Å². The van der Waals surface area contributed by atoms with Gasteiger partial charge in [0.25, 0.3) is 0 Å². The smallest absolute Gasteiger partial charge is 0.240 e. The van der Waals surface area contributed by atoms with Gasteiger partial charge in [-0.2, -0.15) is 5.10 Å². The number of aryl methyl sites for hydroxylation is 1. The highest BCUT2D eigenvalue weighted by atomic mass is 19.1. The number of carbonyl (C=O) groups excluding carboxylic acids is 2. The maximum Gasteiger partial charge on any atom is 0.240 e. The van der Waals surface area contributed by atoms with E-state index in [1.807, 2.05) is 19.1 Å². The van der Waals surface area contributed by atoms with Crippen LogP contribution in [-0.4, -0.2) is 18.0 Å². The summed E-state index contributed by atoms with van der Waals surface area (Å²) < 4.78 is 13.3. The third kappa shape index (κ3) is 5.64. The molecule has 0 bridgehead atoms.